The fourth-order valence-electron chi connectivity index (χ4n) is 6.37. The lowest BCUT2D eigenvalue weighted by atomic mass is 9.72. The number of rotatable bonds is 6. The van der Waals surface area contributed by atoms with E-state index < -0.39 is 11.0 Å². The standard InChI is InChI=1S/C33H46N10O3S/c1-21-10-9-13-43(21)30-37-23(18-25(38-30)41-14-16-42(17-15-41)31(45)46-32(2,3)4)27(35)39-29(44)33(5)12-8-11-24-26(33)22(19-34)28(47-24)36-20-40(6)7/h18,20-21H,8-17H2,1-7H3,(H2,35,39,44)/b36-20+/t21-,33-/m0/s1. The van der Waals surface area contributed by atoms with Crippen molar-refractivity contribution in [3.05, 3.63) is 27.8 Å². The van der Waals surface area contributed by atoms with Crippen LogP contribution < -0.4 is 15.1 Å². The summed E-state index contributed by atoms with van der Waals surface area (Å²) in [6.07, 6.45) is 5.49. The molecule has 1 aliphatic carbocycles. The van der Waals surface area contributed by atoms with Gasteiger partial charge < -0.3 is 29.7 Å². The molecule has 0 unspecified atom stereocenters. The summed E-state index contributed by atoms with van der Waals surface area (Å²) in [6.45, 7) is 12.4. The predicted octanol–water partition coefficient (Wildman–Crippen LogP) is 4.41. The average molecular weight is 663 g/mol. The van der Waals surface area contributed by atoms with Gasteiger partial charge in [-0.15, -0.1) is 11.3 Å². The van der Waals surface area contributed by atoms with Gasteiger partial charge in [-0.1, -0.05) is 0 Å². The molecule has 2 aromatic heterocycles. The summed E-state index contributed by atoms with van der Waals surface area (Å²) in [4.78, 5) is 49.7. The minimum absolute atomic E-state index is 0.118. The second kappa shape index (κ2) is 13.5. The van der Waals surface area contributed by atoms with Gasteiger partial charge in [0.05, 0.1) is 17.3 Å². The van der Waals surface area contributed by atoms with Crippen molar-refractivity contribution in [3.8, 4) is 6.07 Å². The molecule has 3 aliphatic rings. The maximum atomic E-state index is 14.1. The molecule has 0 aromatic carbocycles. The Morgan fingerprint density at radius 1 is 1.21 bits per heavy atom. The minimum Gasteiger partial charge on any atom is -0.444 e. The molecule has 13 nitrogen and oxygen atoms in total. The number of nitrogens with zero attached hydrogens (tertiary/aromatic N) is 8. The summed E-state index contributed by atoms with van der Waals surface area (Å²) in [5.41, 5.74) is -0.126. The molecule has 2 aromatic rings. The van der Waals surface area contributed by atoms with Crippen molar-refractivity contribution < 1.29 is 14.3 Å². The third-order valence-electron chi connectivity index (χ3n) is 8.87. The number of amidine groups is 1. The first-order valence-corrected chi connectivity index (χ1v) is 17.1. The van der Waals surface area contributed by atoms with Gasteiger partial charge in [0.25, 0.3) is 0 Å². The zero-order valence-electron chi connectivity index (χ0n) is 28.5. The van der Waals surface area contributed by atoms with Crippen LogP contribution >= 0.6 is 11.3 Å². The van der Waals surface area contributed by atoms with Crippen molar-refractivity contribution in [1.29, 1.82) is 10.7 Å². The van der Waals surface area contributed by atoms with E-state index in [2.05, 4.69) is 33.1 Å². The molecule has 4 heterocycles. The van der Waals surface area contributed by atoms with Crippen molar-refractivity contribution in [2.45, 2.75) is 83.8 Å². The first-order chi connectivity index (χ1) is 22.2. The van der Waals surface area contributed by atoms with Crippen molar-refractivity contribution in [2.75, 3.05) is 56.6 Å². The number of carbonyl (C=O) groups excluding carboxylic acids is 2. The number of amides is 2. The fourth-order valence-corrected chi connectivity index (χ4v) is 7.63. The zero-order valence-corrected chi connectivity index (χ0v) is 29.3. The number of anilines is 2. The topological polar surface area (TPSA) is 154 Å². The molecule has 5 rings (SSSR count). The van der Waals surface area contributed by atoms with E-state index in [1.165, 1.54) is 11.3 Å². The predicted molar refractivity (Wildman–Crippen MR) is 184 cm³/mol. The minimum atomic E-state index is -1.01. The Balaban J connectivity index is 1.40. The molecule has 2 fully saturated rings. The van der Waals surface area contributed by atoms with E-state index in [4.69, 9.17) is 20.1 Å². The number of aryl methyl sites for hydroxylation is 1. The van der Waals surface area contributed by atoms with Crippen LogP contribution in [0.3, 0.4) is 0 Å². The monoisotopic (exact) mass is 662 g/mol. The Morgan fingerprint density at radius 2 is 1.94 bits per heavy atom. The zero-order chi connectivity index (χ0) is 34.1. The van der Waals surface area contributed by atoms with Gasteiger partial charge in [-0.3, -0.25) is 10.2 Å². The molecule has 2 amide bonds. The van der Waals surface area contributed by atoms with E-state index in [1.54, 1.807) is 22.2 Å². The van der Waals surface area contributed by atoms with Gasteiger partial charge in [0.1, 0.15) is 28.2 Å². The molecular weight excluding hydrogens is 616 g/mol. The number of nitriles is 1. The SMILES string of the molecule is C[C@H]1CCCN1c1nc(C(=N)NC(=O)[C@@]2(C)CCCc3sc(/N=C/N(C)C)c(C#N)c32)cc(N2CCN(C(=O)OC(C)(C)C)CC2)n1. The summed E-state index contributed by atoms with van der Waals surface area (Å²) in [5, 5.41) is 22.6. The summed E-state index contributed by atoms with van der Waals surface area (Å²) in [7, 11) is 3.73. The first-order valence-electron chi connectivity index (χ1n) is 16.3. The molecule has 2 aliphatic heterocycles. The van der Waals surface area contributed by atoms with Gasteiger partial charge in [-0.25, -0.2) is 14.8 Å². The summed E-state index contributed by atoms with van der Waals surface area (Å²) < 4.78 is 5.56. The molecule has 2 saturated heterocycles. The van der Waals surface area contributed by atoms with Crippen LogP contribution in [0.25, 0.3) is 0 Å². The third-order valence-corrected chi connectivity index (χ3v) is 10.0. The van der Waals surface area contributed by atoms with Crippen LogP contribution in [0, 0.1) is 16.7 Å². The molecule has 0 radical (unpaired) electrons. The van der Waals surface area contributed by atoms with Crippen molar-refractivity contribution in [2.24, 2.45) is 4.99 Å². The van der Waals surface area contributed by atoms with E-state index in [0.29, 0.717) is 66.2 Å². The number of ether oxygens (including phenoxy) is 1. The van der Waals surface area contributed by atoms with Crippen LogP contribution in [-0.4, -0.2) is 102 Å². The quantitative estimate of drug-likeness (QED) is 0.338. The molecule has 252 valence electrons. The molecule has 14 heteroatoms. The van der Waals surface area contributed by atoms with Gasteiger partial charge in [-0.05, 0) is 66.7 Å². The number of thiophene rings is 1. The molecule has 0 saturated carbocycles. The Morgan fingerprint density at radius 3 is 2.55 bits per heavy atom. The van der Waals surface area contributed by atoms with E-state index in [1.807, 2.05) is 41.8 Å². The van der Waals surface area contributed by atoms with Gasteiger partial charge >= 0.3 is 6.09 Å². The van der Waals surface area contributed by atoms with Crippen LogP contribution in [0.1, 0.15) is 82.0 Å². The number of fused-ring (bicyclic) bond motifs is 1. The smallest absolute Gasteiger partial charge is 0.410 e. The van der Waals surface area contributed by atoms with Crippen LogP contribution in [0.5, 0.6) is 0 Å². The largest absolute Gasteiger partial charge is 0.444 e. The highest BCUT2D eigenvalue weighted by atomic mass is 32.1. The Hall–Kier alpha value is -4.25. The number of nitrogens with one attached hydrogen (secondary N) is 2. The second-order valence-corrected chi connectivity index (χ2v) is 15.0. The van der Waals surface area contributed by atoms with Crippen LogP contribution in [-0.2, 0) is 21.4 Å². The number of aliphatic imine (C=N–C) groups is 1. The summed E-state index contributed by atoms with van der Waals surface area (Å²) >= 11 is 1.46. The Bertz CT molecular complexity index is 1600. The normalized spacial score (nSPS) is 21.4. The highest BCUT2D eigenvalue weighted by molar-refractivity contribution is 7.16. The molecule has 2 atom stereocenters. The fraction of sp³-hybridized carbons (Fsp3) is 0.606. The first kappa shape index (κ1) is 34.1. The lowest BCUT2D eigenvalue weighted by Crippen LogP contribution is -2.50. The molecule has 47 heavy (non-hydrogen) atoms. The number of hydrogen-bond acceptors (Lipinski definition) is 11. The lowest BCUT2D eigenvalue weighted by molar-refractivity contribution is -0.125. The van der Waals surface area contributed by atoms with Crippen molar-refractivity contribution >= 4 is 52.3 Å². The Kier molecular flexibility index (Phi) is 9.77. The number of hydrogen-bond donors (Lipinski definition) is 2. The summed E-state index contributed by atoms with van der Waals surface area (Å²) in [5.74, 6) is 0.705. The average Bonchev–Trinajstić information content (AvgIpc) is 3.62. The van der Waals surface area contributed by atoms with E-state index in [-0.39, 0.29) is 23.9 Å². The van der Waals surface area contributed by atoms with Gasteiger partial charge in [-0.2, -0.15) is 10.2 Å². The van der Waals surface area contributed by atoms with Crippen LogP contribution in [0.4, 0.5) is 21.6 Å². The molecule has 2 N–H and O–H groups in total. The van der Waals surface area contributed by atoms with Gasteiger partial charge in [0.2, 0.25) is 11.9 Å². The molecular formula is C33H46N10O3S. The maximum Gasteiger partial charge on any atom is 0.410 e. The summed E-state index contributed by atoms with van der Waals surface area (Å²) in [6, 6.07) is 4.30. The third kappa shape index (κ3) is 7.35. The van der Waals surface area contributed by atoms with Crippen molar-refractivity contribution in [3.63, 3.8) is 0 Å². The second-order valence-electron chi connectivity index (χ2n) is 14.0. The maximum absolute atomic E-state index is 14.1. The number of piperazine rings is 1. The lowest BCUT2D eigenvalue weighted by Gasteiger charge is -2.36. The van der Waals surface area contributed by atoms with Crippen LogP contribution in [0.15, 0.2) is 11.1 Å². The highest BCUT2D eigenvalue weighted by Crippen LogP contribution is 2.47. The van der Waals surface area contributed by atoms with E-state index >= 15 is 0 Å². The van der Waals surface area contributed by atoms with Crippen molar-refractivity contribution in [1.82, 2.24) is 25.1 Å². The Labute approximate surface area is 281 Å². The molecule has 0 spiro atoms. The van der Waals surface area contributed by atoms with E-state index in [9.17, 15) is 14.9 Å². The van der Waals surface area contributed by atoms with Gasteiger partial charge in [0, 0.05) is 69.4 Å². The number of aromatic nitrogens is 2. The number of carbonyl (C=O) groups is 2. The highest BCUT2D eigenvalue weighted by Gasteiger charge is 2.44. The van der Waals surface area contributed by atoms with Crippen LogP contribution in [0.2, 0.25) is 0 Å². The molecule has 0 bridgehead atoms. The van der Waals surface area contributed by atoms with Gasteiger partial charge in [0.15, 0.2) is 5.84 Å². The van der Waals surface area contributed by atoms with E-state index in [0.717, 1.165) is 37.1 Å².